The fourth-order valence-electron chi connectivity index (χ4n) is 4.94. The van der Waals surface area contributed by atoms with Crippen molar-refractivity contribution in [2.75, 3.05) is 26.2 Å². The van der Waals surface area contributed by atoms with Gasteiger partial charge in [-0.05, 0) is 68.8 Å². The lowest BCUT2D eigenvalue weighted by Gasteiger charge is -2.45. The van der Waals surface area contributed by atoms with E-state index in [2.05, 4.69) is 4.90 Å². The Bertz CT molecular complexity index is 987. The standard InChI is InChI=1S/C26H29FN2O4/c1-18(30)33-24-17-29(26(32)21-5-3-2-4-6-21)16-13-23(24)28-14-11-20(12-15-28)25(31)19-7-9-22(27)10-8-19/h2-10,20,23-24H,11-17H2,1H3/t23-,24-/m0/s1. The van der Waals surface area contributed by atoms with Crippen molar-refractivity contribution >= 4 is 17.7 Å². The smallest absolute Gasteiger partial charge is 0.303 e. The first kappa shape index (κ1) is 23.1. The molecule has 0 unspecified atom stereocenters. The van der Waals surface area contributed by atoms with E-state index in [1.165, 1.54) is 19.1 Å². The van der Waals surface area contributed by atoms with E-state index in [0.29, 0.717) is 56.6 Å². The number of ether oxygens (including phenoxy) is 1. The number of carbonyl (C=O) groups excluding carboxylic acids is 3. The highest BCUT2D eigenvalue weighted by Crippen LogP contribution is 2.28. The van der Waals surface area contributed by atoms with Crippen LogP contribution in [0.25, 0.3) is 0 Å². The first-order valence-electron chi connectivity index (χ1n) is 11.5. The Hall–Kier alpha value is -3.06. The normalized spacial score (nSPS) is 22.1. The Labute approximate surface area is 193 Å². The minimum atomic E-state index is -0.409. The summed E-state index contributed by atoms with van der Waals surface area (Å²) in [6, 6.07) is 14.8. The number of rotatable bonds is 5. The molecule has 2 aliphatic rings. The lowest BCUT2D eigenvalue weighted by atomic mass is 9.87. The van der Waals surface area contributed by atoms with Crippen molar-refractivity contribution in [1.29, 1.82) is 0 Å². The number of amides is 1. The predicted octanol–water partition coefficient (Wildman–Crippen LogP) is 3.57. The number of hydrogen-bond donors (Lipinski definition) is 0. The van der Waals surface area contributed by atoms with Crippen LogP contribution >= 0.6 is 0 Å². The maximum absolute atomic E-state index is 13.2. The Balaban J connectivity index is 1.39. The Morgan fingerprint density at radius 2 is 1.55 bits per heavy atom. The molecule has 0 radical (unpaired) electrons. The number of Topliss-reactive ketones (excluding diaryl/α,β-unsaturated/α-hetero) is 1. The lowest BCUT2D eigenvalue weighted by molar-refractivity contribution is -0.153. The highest BCUT2D eigenvalue weighted by atomic mass is 19.1. The van der Waals surface area contributed by atoms with Gasteiger partial charge >= 0.3 is 5.97 Å². The first-order chi connectivity index (χ1) is 15.9. The molecule has 2 aromatic rings. The van der Waals surface area contributed by atoms with Gasteiger partial charge in [0.2, 0.25) is 0 Å². The number of halogens is 1. The molecular formula is C26H29FN2O4. The molecular weight excluding hydrogens is 423 g/mol. The molecule has 2 aromatic carbocycles. The van der Waals surface area contributed by atoms with Crippen LogP contribution in [0.2, 0.25) is 0 Å². The van der Waals surface area contributed by atoms with Gasteiger partial charge in [0, 0.05) is 30.5 Å². The molecule has 2 saturated heterocycles. The molecule has 33 heavy (non-hydrogen) atoms. The second-order valence-electron chi connectivity index (χ2n) is 8.80. The predicted molar refractivity (Wildman–Crippen MR) is 121 cm³/mol. The van der Waals surface area contributed by atoms with Crippen LogP contribution in [0.5, 0.6) is 0 Å². The number of likely N-dealkylation sites (tertiary alicyclic amines) is 2. The zero-order valence-corrected chi connectivity index (χ0v) is 18.8. The van der Waals surface area contributed by atoms with E-state index in [1.54, 1.807) is 29.2 Å². The first-order valence-corrected chi connectivity index (χ1v) is 11.5. The second kappa shape index (κ2) is 10.3. The third-order valence-corrected chi connectivity index (χ3v) is 6.65. The summed E-state index contributed by atoms with van der Waals surface area (Å²) in [4.78, 5) is 41.5. The van der Waals surface area contributed by atoms with Gasteiger partial charge in [-0.25, -0.2) is 4.39 Å². The summed E-state index contributed by atoms with van der Waals surface area (Å²) in [6.07, 6.45) is 1.69. The monoisotopic (exact) mass is 452 g/mol. The van der Waals surface area contributed by atoms with Gasteiger partial charge in [0.25, 0.3) is 5.91 Å². The van der Waals surface area contributed by atoms with Crippen molar-refractivity contribution in [3.63, 3.8) is 0 Å². The largest absolute Gasteiger partial charge is 0.459 e. The van der Waals surface area contributed by atoms with E-state index in [1.807, 2.05) is 18.2 Å². The third kappa shape index (κ3) is 5.47. The fraction of sp³-hybridized carbons (Fsp3) is 0.423. The molecule has 0 N–H and O–H groups in total. The molecule has 0 bridgehead atoms. The molecule has 0 aromatic heterocycles. The summed E-state index contributed by atoms with van der Waals surface area (Å²) in [5.41, 5.74) is 1.16. The molecule has 4 rings (SSSR count). The minimum absolute atomic E-state index is 0.00981. The fourth-order valence-corrected chi connectivity index (χ4v) is 4.94. The lowest BCUT2D eigenvalue weighted by Crippen LogP contribution is -2.58. The van der Waals surface area contributed by atoms with Crippen LogP contribution in [0.15, 0.2) is 54.6 Å². The molecule has 2 fully saturated rings. The van der Waals surface area contributed by atoms with E-state index in [0.717, 1.165) is 0 Å². The van der Waals surface area contributed by atoms with Crippen molar-refractivity contribution in [2.24, 2.45) is 5.92 Å². The van der Waals surface area contributed by atoms with Gasteiger partial charge in [0.1, 0.15) is 11.9 Å². The van der Waals surface area contributed by atoms with E-state index < -0.39 is 6.10 Å². The maximum Gasteiger partial charge on any atom is 0.303 e. The van der Waals surface area contributed by atoms with Crippen LogP contribution in [-0.2, 0) is 9.53 Å². The summed E-state index contributed by atoms with van der Waals surface area (Å²) >= 11 is 0. The molecule has 2 heterocycles. The number of nitrogens with zero attached hydrogens (tertiary/aromatic N) is 2. The van der Waals surface area contributed by atoms with Gasteiger partial charge in [-0.15, -0.1) is 0 Å². The molecule has 0 saturated carbocycles. The average Bonchev–Trinajstić information content (AvgIpc) is 2.84. The quantitative estimate of drug-likeness (QED) is 0.513. The molecule has 174 valence electrons. The van der Waals surface area contributed by atoms with Crippen LogP contribution in [0, 0.1) is 11.7 Å². The highest BCUT2D eigenvalue weighted by Gasteiger charge is 2.39. The zero-order chi connectivity index (χ0) is 23.4. The SMILES string of the molecule is CC(=O)O[C@H]1CN(C(=O)c2ccccc2)CC[C@@H]1N1CCC(C(=O)c2ccc(F)cc2)CC1. The van der Waals surface area contributed by atoms with Crippen LogP contribution in [0.1, 0.15) is 46.9 Å². The van der Waals surface area contributed by atoms with Gasteiger partial charge < -0.3 is 9.64 Å². The molecule has 6 nitrogen and oxygen atoms in total. The number of hydrogen-bond acceptors (Lipinski definition) is 5. The van der Waals surface area contributed by atoms with Crippen LogP contribution in [-0.4, -0.2) is 65.8 Å². The van der Waals surface area contributed by atoms with E-state index >= 15 is 0 Å². The van der Waals surface area contributed by atoms with Gasteiger partial charge in [0.15, 0.2) is 5.78 Å². The summed E-state index contributed by atoms with van der Waals surface area (Å²) in [7, 11) is 0. The molecule has 0 spiro atoms. The van der Waals surface area contributed by atoms with Gasteiger partial charge in [-0.3, -0.25) is 19.3 Å². The summed E-state index contributed by atoms with van der Waals surface area (Å²) in [6.45, 7) is 3.76. The van der Waals surface area contributed by atoms with Crippen LogP contribution < -0.4 is 0 Å². The van der Waals surface area contributed by atoms with Crippen LogP contribution in [0.4, 0.5) is 4.39 Å². The molecule has 7 heteroatoms. The number of benzene rings is 2. The van der Waals surface area contributed by atoms with Crippen molar-refractivity contribution in [2.45, 2.75) is 38.3 Å². The molecule has 1 amide bonds. The topological polar surface area (TPSA) is 66.9 Å². The maximum atomic E-state index is 13.2. The molecule has 2 atom stereocenters. The van der Waals surface area contributed by atoms with Crippen molar-refractivity contribution in [3.8, 4) is 0 Å². The van der Waals surface area contributed by atoms with Crippen molar-refractivity contribution in [3.05, 3.63) is 71.5 Å². The zero-order valence-electron chi connectivity index (χ0n) is 18.8. The van der Waals surface area contributed by atoms with Gasteiger partial charge in [-0.2, -0.15) is 0 Å². The third-order valence-electron chi connectivity index (χ3n) is 6.65. The Morgan fingerprint density at radius 1 is 0.879 bits per heavy atom. The molecule has 2 aliphatic heterocycles. The number of piperidine rings is 2. The second-order valence-corrected chi connectivity index (χ2v) is 8.80. The average molecular weight is 453 g/mol. The Morgan fingerprint density at radius 3 is 2.18 bits per heavy atom. The Kier molecular flexibility index (Phi) is 7.18. The van der Waals surface area contributed by atoms with Crippen LogP contribution in [0.3, 0.4) is 0 Å². The number of ketones is 1. The van der Waals surface area contributed by atoms with E-state index in [-0.39, 0.29) is 35.4 Å². The van der Waals surface area contributed by atoms with Crippen molar-refractivity contribution < 1.29 is 23.5 Å². The van der Waals surface area contributed by atoms with Crippen molar-refractivity contribution in [1.82, 2.24) is 9.80 Å². The van der Waals surface area contributed by atoms with E-state index in [4.69, 9.17) is 4.74 Å². The summed E-state index contributed by atoms with van der Waals surface area (Å²) in [5, 5.41) is 0. The van der Waals surface area contributed by atoms with E-state index in [9.17, 15) is 18.8 Å². The number of carbonyl (C=O) groups is 3. The van der Waals surface area contributed by atoms with Gasteiger partial charge in [0.05, 0.1) is 12.6 Å². The minimum Gasteiger partial charge on any atom is -0.459 e. The highest BCUT2D eigenvalue weighted by molar-refractivity contribution is 5.97. The summed E-state index contributed by atoms with van der Waals surface area (Å²) in [5.74, 6) is -0.821. The molecule has 0 aliphatic carbocycles. The summed E-state index contributed by atoms with van der Waals surface area (Å²) < 4.78 is 18.8. The number of esters is 1. The van der Waals surface area contributed by atoms with Gasteiger partial charge in [-0.1, -0.05) is 18.2 Å².